The number of carbonyl (C=O) groups excluding carboxylic acids is 2. The zero-order valence-corrected chi connectivity index (χ0v) is 14.0. The number of amides is 1. The normalized spacial score (nSPS) is 10.3. The topological polar surface area (TPSA) is 37.4 Å². The van der Waals surface area contributed by atoms with Gasteiger partial charge in [-0.25, -0.2) is 0 Å². The molecule has 0 fully saturated rings. The molecule has 114 valence electrons. The van der Waals surface area contributed by atoms with Crippen molar-refractivity contribution in [3.8, 4) is 0 Å². The fourth-order valence-electron chi connectivity index (χ4n) is 2.13. The molecule has 0 saturated carbocycles. The molecule has 0 aromatic heterocycles. The predicted molar refractivity (Wildman–Crippen MR) is 90.6 cm³/mol. The molecule has 1 amide bonds. The maximum absolute atomic E-state index is 12.1. The molecule has 0 saturated heterocycles. The van der Waals surface area contributed by atoms with E-state index >= 15 is 0 Å². The molecule has 0 atom stereocenters. The number of ketones is 1. The van der Waals surface area contributed by atoms with Crippen molar-refractivity contribution in [2.24, 2.45) is 0 Å². The second kappa shape index (κ2) is 7.90. The third-order valence-corrected chi connectivity index (χ3v) is 3.95. The van der Waals surface area contributed by atoms with Gasteiger partial charge in [0.05, 0.1) is 0 Å². The molecule has 0 spiro atoms. The Labute approximate surface area is 139 Å². The minimum atomic E-state index is -0.0211. The highest BCUT2D eigenvalue weighted by molar-refractivity contribution is 9.10. The Morgan fingerprint density at radius 2 is 1.59 bits per heavy atom. The summed E-state index contributed by atoms with van der Waals surface area (Å²) in [7, 11) is 1.76. The van der Waals surface area contributed by atoms with Gasteiger partial charge in [-0.2, -0.15) is 0 Å². The Morgan fingerprint density at radius 3 is 2.23 bits per heavy atom. The van der Waals surface area contributed by atoms with Crippen LogP contribution in [0.1, 0.15) is 28.8 Å². The van der Waals surface area contributed by atoms with E-state index in [0.717, 1.165) is 10.0 Å². The van der Waals surface area contributed by atoms with Crippen LogP contribution in [0.15, 0.2) is 59.1 Å². The van der Waals surface area contributed by atoms with Crippen molar-refractivity contribution in [3.05, 3.63) is 70.2 Å². The second-order valence-electron chi connectivity index (χ2n) is 5.17. The van der Waals surface area contributed by atoms with Crippen LogP contribution >= 0.6 is 15.9 Å². The minimum Gasteiger partial charge on any atom is -0.341 e. The Hall–Kier alpha value is -1.94. The van der Waals surface area contributed by atoms with Gasteiger partial charge >= 0.3 is 0 Å². The first-order valence-electron chi connectivity index (χ1n) is 7.13. The molecule has 22 heavy (non-hydrogen) atoms. The molecule has 0 radical (unpaired) electrons. The van der Waals surface area contributed by atoms with Crippen molar-refractivity contribution < 1.29 is 9.59 Å². The lowest BCUT2D eigenvalue weighted by molar-refractivity contribution is -0.130. The summed E-state index contributed by atoms with van der Waals surface area (Å²) in [5, 5.41) is 0. The molecule has 0 bridgehead atoms. The van der Waals surface area contributed by atoms with Crippen LogP contribution in [0.3, 0.4) is 0 Å². The van der Waals surface area contributed by atoms with Crippen LogP contribution < -0.4 is 0 Å². The number of hydrogen-bond donors (Lipinski definition) is 0. The predicted octanol–water partition coefficient (Wildman–Crippen LogP) is 4.07. The molecule has 4 heteroatoms. The molecule has 0 N–H and O–H groups in total. The highest BCUT2D eigenvalue weighted by Gasteiger charge is 2.12. The number of benzene rings is 2. The lowest BCUT2D eigenvalue weighted by Crippen LogP contribution is -2.26. The van der Waals surface area contributed by atoms with Crippen molar-refractivity contribution in [1.82, 2.24) is 4.90 Å². The van der Waals surface area contributed by atoms with Gasteiger partial charge in [0.1, 0.15) is 0 Å². The molecular weight excluding hydrogens is 342 g/mol. The summed E-state index contributed by atoms with van der Waals surface area (Å²) in [6.07, 6.45) is 0.480. The minimum absolute atomic E-state index is 0.00555. The molecule has 0 aliphatic carbocycles. The van der Waals surface area contributed by atoms with Crippen molar-refractivity contribution >= 4 is 27.6 Å². The van der Waals surface area contributed by atoms with E-state index in [1.165, 1.54) is 0 Å². The van der Waals surface area contributed by atoms with Gasteiger partial charge in [0.25, 0.3) is 0 Å². The van der Waals surface area contributed by atoms with Crippen molar-refractivity contribution in [1.29, 1.82) is 0 Å². The van der Waals surface area contributed by atoms with Gasteiger partial charge in [-0.15, -0.1) is 0 Å². The molecular formula is C18H18BrNO2. The molecule has 2 aromatic carbocycles. The van der Waals surface area contributed by atoms with Crippen LogP contribution in [0.25, 0.3) is 0 Å². The number of carbonyl (C=O) groups is 2. The van der Waals surface area contributed by atoms with Gasteiger partial charge in [0, 0.05) is 36.5 Å². The van der Waals surface area contributed by atoms with Gasteiger partial charge in [-0.3, -0.25) is 9.59 Å². The number of nitrogens with zero attached hydrogens (tertiary/aromatic N) is 1. The van der Waals surface area contributed by atoms with Crippen LogP contribution in [0.4, 0.5) is 0 Å². The first-order valence-corrected chi connectivity index (χ1v) is 7.92. The maximum atomic E-state index is 12.1. The Balaban J connectivity index is 1.84. The monoisotopic (exact) mass is 359 g/mol. The van der Waals surface area contributed by atoms with E-state index in [0.29, 0.717) is 12.1 Å². The summed E-state index contributed by atoms with van der Waals surface area (Å²) in [4.78, 5) is 25.8. The van der Waals surface area contributed by atoms with Crippen LogP contribution in [0.5, 0.6) is 0 Å². The highest BCUT2D eigenvalue weighted by Crippen LogP contribution is 2.13. The molecule has 2 aromatic rings. The lowest BCUT2D eigenvalue weighted by atomic mass is 10.1. The van der Waals surface area contributed by atoms with Crippen molar-refractivity contribution in [2.45, 2.75) is 19.4 Å². The summed E-state index contributed by atoms with van der Waals surface area (Å²) in [6, 6.07) is 16.9. The number of hydrogen-bond acceptors (Lipinski definition) is 2. The average molecular weight is 360 g/mol. The molecule has 3 nitrogen and oxygen atoms in total. The zero-order valence-electron chi connectivity index (χ0n) is 12.5. The third-order valence-electron chi connectivity index (χ3n) is 3.42. The lowest BCUT2D eigenvalue weighted by Gasteiger charge is -2.17. The van der Waals surface area contributed by atoms with Gasteiger partial charge in [0.15, 0.2) is 5.78 Å². The molecule has 0 aliphatic heterocycles. The van der Waals surface area contributed by atoms with Crippen LogP contribution in [0, 0.1) is 0 Å². The molecule has 0 heterocycles. The van der Waals surface area contributed by atoms with Gasteiger partial charge in [-0.05, 0) is 17.7 Å². The Bertz CT molecular complexity index is 638. The summed E-state index contributed by atoms with van der Waals surface area (Å²) in [6.45, 7) is 0.547. The van der Waals surface area contributed by atoms with E-state index in [1.54, 1.807) is 24.1 Å². The largest absolute Gasteiger partial charge is 0.341 e. The quantitative estimate of drug-likeness (QED) is 0.729. The van der Waals surface area contributed by atoms with Crippen molar-refractivity contribution in [2.75, 3.05) is 7.05 Å². The average Bonchev–Trinajstić information content (AvgIpc) is 2.55. The first-order chi connectivity index (χ1) is 10.6. The maximum Gasteiger partial charge on any atom is 0.223 e. The first kappa shape index (κ1) is 16.4. The van der Waals surface area contributed by atoms with E-state index in [1.807, 2.05) is 42.5 Å². The summed E-state index contributed by atoms with van der Waals surface area (Å²) in [5.41, 5.74) is 1.72. The van der Waals surface area contributed by atoms with E-state index < -0.39 is 0 Å². The third kappa shape index (κ3) is 4.81. The Morgan fingerprint density at radius 1 is 0.955 bits per heavy atom. The number of rotatable bonds is 6. The fourth-order valence-corrected chi connectivity index (χ4v) is 2.40. The molecule has 2 rings (SSSR count). The SMILES string of the molecule is CN(Cc1ccc(Br)cc1)C(=O)CCC(=O)c1ccccc1. The summed E-state index contributed by atoms with van der Waals surface area (Å²) in [5.74, 6) is -0.0156. The van der Waals surface area contributed by atoms with E-state index in [-0.39, 0.29) is 24.5 Å². The van der Waals surface area contributed by atoms with E-state index in [4.69, 9.17) is 0 Å². The zero-order chi connectivity index (χ0) is 15.9. The highest BCUT2D eigenvalue weighted by atomic mass is 79.9. The Kier molecular flexibility index (Phi) is 5.90. The molecule has 0 aliphatic rings. The second-order valence-corrected chi connectivity index (χ2v) is 6.08. The van der Waals surface area contributed by atoms with E-state index in [2.05, 4.69) is 15.9 Å². The van der Waals surface area contributed by atoms with Crippen LogP contribution in [0.2, 0.25) is 0 Å². The standard InChI is InChI=1S/C18H18BrNO2/c1-20(13-14-7-9-16(19)10-8-14)18(22)12-11-17(21)15-5-3-2-4-6-15/h2-10H,11-13H2,1H3. The number of Topliss-reactive ketones (excluding diaryl/α,β-unsaturated/α-hetero) is 1. The summed E-state index contributed by atoms with van der Waals surface area (Å²) >= 11 is 3.39. The number of halogens is 1. The smallest absolute Gasteiger partial charge is 0.223 e. The van der Waals surface area contributed by atoms with Crippen molar-refractivity contribution in [3.63, 3.8) is 0 Å². The van der Waals surface area contributed by atoms with Gasteiger partial charge in [0.2, 0.25) is 5.91 Å². The van der Waals surface area contributed by atoms with Crippen LogP contribution in [-0.4, -0.2) is 23.6 Å². The van der Waals surface area contributed by atoms with Crippen LogP contribution in [-0.2, 0) is 11.3 Å². The fraction of sp³-hybridized carbons (Fsp3) is 0.222. The summed E-state index contributed by atoms with van der Waals surface area (Å²) < 4.78 is 1.01. The molecule has 0 unspecified atom stereocenters. The van der Waals surface area contributed by atoms with Gasteiger partial charge in [-0.1, -0.05) is 58.4 Å². The van der Waals surface area contributed by atoms with E-state index in [9.17, 15) is 9.59 Å². The van der Waals surface area contributed by atoms with Gasteiger partial charge < -0.3 is 4.90 Å².